The molecular formula is C24H24N4O4S. The van der Waals surface area contributed by atoms with Gasteiger partial charge in [0.05, 0.1) is 40.2 Å². The Hall–Kier alpha value is -3.46. The Kier molecular flexibility index (Phi) is 6.60. The highest BCUT2D eigenvalue weighted by Gasteiger charge is 2.14. The number of benzene rings is 2. The Morgan fingerprint density at radius 2 is 1.88 bits per heavy atom. The van der Waals surface area contributed by atoms with Gasteiger partial charge in [0, 0.05) is 6.54 Å². The molecule has 0 spiro atoms. The molecule has 2 aromatic carbocycles. The minimum absolute atomic E-state index is 0.0774. The number of rotatable bonds is 7. The summed E-state index contributed by atoms with van der Waals surface area (Å²) in [5, 5.41) is 1.54. The molecule has 2 heterocycles. The van der Waals surface area contributed by atoms with E-state index in [-0.39, 0.29) is 11.1 Å². The fourth-order valence-corrected chi connectivity index (χ4v) is 4.37. The molecule has 2 aromatic heterocycles. The molecule has 0 radical (unpaired) electrons. The van der Waals surface area contributed by atoms with Crippen LogP contribution in [-0.4, -0.2) is 32.6 Å². The first-order valence-electron chi connectivity index (χ1n) is 10.6. The first-order valence-corrected chi connectivity index (χ1v) is 11.6. The third-order valence-electron chi connectivity index (χ3n) is 5.27. The quantitative estimate of drug-likeness (QED) is 0.252. The van der Waals surface area contributed by atoms with Crippen LogP contribution in [0.3, 0.4) is 0 Å². The number of para-hydroxylation sites is 1. The Balaban J connectivity index is 1.70. The van der Waals surface area contributed by atoms with Gasteiger partial charge in [-0.05, 0) is 42.7 Å². The minimum Gasteiger partial charge on any atom is -0.465 e. The van der Waals surface area contributed by atoms with E-state index in [2.05, 4.69) is 23.8 Å². The van der Waals surface area contributed by atoms with Gasteiger partial charge in [-0.2, -0.15) is 0 Å². The number of carbonyl (C=O) groups is 1. The van der Waals surface area contributed by atoms with E-state index in [4.69, 9.17) is 9.72 Å². The number of fused-ring (bicyclic) bond motifs is 2. The highest BCUT2D eigenvalue weighted by molar-refractivity contribution is 7.98. The number of thioether (sulfide) groups is 1. The van der Waals surface area contributed by atoms with Crippen molar-refractivity contribution in [3.63, 3.8) is 0 Å². The summed E-state index contributed by atoms with van der Waals surface area (Å²) in [4.78, 5) is 49.5. The number of aromatic nitrogens is 4. The second-order valence-electron chi connectivity index (χ2n) is 8.08. The summed E-state index contributed by atoms with van der Waals surface area (Å²) in [6.45, 7) is 4.78. The SMILES string of the molecule is COC(=O)c1ccc2c(=O)[nH]c(CSc3nc4ccccc4c(=O)n3CCC(C)C)nc2c1. The molecule has 170 valence electrons. The van der Waals surface area contributed by atoms with Crippen molar-refractivity contribution >= 4 is 39.5 Å². The highest BCUT2D eigenvalue weighted by atomic mass is 32.2. The molecule has 0 saturated carbocycles. The summed E-state index contributed by atoms with van der Waals surface area (Å²) in [5.41, 5.74) is 0.983. The van der Waals surface area contributed by atoms with Gasteiger partial charge in [0.25, 0.3) is 11.1 Å². The predicted molar refractivity (Wildman–Crippen MR) is 129 cm³/mol. The van der Waals surface area contributed by atoms with E-state index in [0.717, 1.165) is 6.42 Å². The van der Waals surface area contributed by atoms with E-state index in [1.807, 2.05) is 18.2 Å². The van der Waals surface area contributed by atoms with Gasteiger partial charge in [0.15, 0.2) is 5.16 Å². The van der Waals surface area contributed by atoms with Crippen molar-refractivity contribution in [2.75, 3.05) is 7.11 Å². The average Bonchev–Trinajstić information content (AvgIpc) is 2.81. The number of nitrogens with zero attached hydrogens (tertiary/aromatic N) is 3. The zero-order chi connectivity index (χ0) is 23.5. The molecule has 0 aliphatic rings. The van der Waals surface area contributed by atoms with Gasteiger partial charge in [-0.25, -0.2) is 14.8 Å². The molecule has 0 amide bonds. The van der Waals surface area contributed by atoms with Crippen molar-refractivity contribution < 1.29 is 9.53 Å². The summed E-state index contributed by atoms with van der Waals surface area (Å²) in [6.07, 6.45) is 0.842. The third-order valence-corrected chi connectivity index (χ3v) is 6.26. The van der Waals surface area contributed by atoms with Crippen molar-refractivity contribution in [3.8, 4) is 0 Å². The van der Waals surface area contributed by atoms with Crippen LogP contribution in [0.2, 0.25) is 0 Å². The molecular weight excluding hydrogens is 440 g/mol. The van der Waals surface area contributed by atoms with Gasteiger partial charge in [-0.3, -0.25) is 14.2 Å². The van der Waals surface area contributed by atoms with E-state index in [1.54, 1.807) is 16.7 Å². The molecule has 4 rings (SSSR count). The zero-order valence-electron chi connectivity index (χ0n) is 18.6. The fourth-order valence-electron chi connectivity index (χ4n) is 3.48. The van der Waals surface area contributed by atoms with Gasteiger partial charge in [0.1, 0.15) is 5.82 Å². The lowest BCUT2D eigenvalue weighted by molar-refractivity contribution is 0.0601. The second-order valence-corrected chi connectivity index (χ2v) is 9.02. The van der Waals surface area contributed by atoms with Gasteiger partial charge in [0.2, 0.25) is 0 Å². The van der Waals surface area contributed by atoms with Crippen LogP contribution in [0.1, 0.15) is 36.5 Å². The summed E-state index contributed by atoms with van der Waals surface area (Å²) >= 11 is 1.34. The lowest BCUT2D eigenvalue weighted by Crippen LogP contribution is -2.24. The summed E-state index contributed by atoms with van der Waals surface area (Å²) in [5.74, 6) is 0.672. The predicted octanol–water partition coefficient (Wildman–Crippen LogP) is 3.76. The maximum atomic E-state index is 13.1. The van der Waals surface area contributed by atoms with E-state index in [0.29, 0.717) is 56.6 Å². The molecule has 0 saturated heterocycles. The van der Waals surface area contributed by atoms with Crippen molar-refractivity contribution in [1.29, 1.82) is 0 Å². The molecule has 0 aliphatic heterocycles. The number of aromatic amines is 1. The molecule has 8 nitrogen and oxygen atoms in total. The molecule has 0 bridgehead atoms. The molecule has 1 N–H and O–H groups in total. The summed E-state index contributed by atoms with van der Waals surface area (Å²) in [6, 6.07) is 11.9. The van der Waals surface area contributed by atoms with Gasteiger partial charge in [-0.15, -0.1) is 0 Å². The maximum absolute atomic E-state index is 13.1. The molecule has 9 heteroatoms. The largest absolute Gasteiger partial charge is 0.465 e. The lowest BCUT2D eigenvalue weighted by atomic mass is 10.1. The third kappa shape index (κ3) is 4.83. The first-order chi connectivity index (χ1) is 15.9. The summed E-state index contributed by atoms with van der Waals surface area (Å²) in [7, 11) is 1.30. The molecule has 4 aromatic rings. The van der Waals surface area contributed by atoms with E-state index in [1.165, 1.54) is 31.0 Å². The van der Waals surface area contributed by atoms with Crippen LogP contribution in [0, 0.1) is 5.92 Å². The second kappa shape index (κ2) is 9.58. The number of esters is 1. The molecule has 0 fully saturated rings. The number of hydrogen-bond donors (Lipinski definition) is 1. The van der Waals surface area contributed by atoms with Crippen LogP contribution in [-0.2, 0) is 17.0 Å². The molecule has 33 heavy (non-hydrogen) atoms. The van der Waals surface area contributed by atoms with Crippen molar-refractivity contribution in [2.45, 2.75) is 37.7 Å². The average molecular weight is 465 g/mol. The minimum atomic E-state index is -0.496. The monoisotopic (exact) mass is 464 g/mol. The van der Waals surface area contributed by atoms with Crippen LogP contribution in [0.15, 0.2) is 57.2 Å². The van der Waals surface area contributed by atoms with Crippen LogP contribution in [0.5, 0.6) is 0 Å². The standard InChI is InChI=1S/C24H24N4O4S/c1-14(2)10-11-28-22(30)17-6-4-5-7-18(17)26-24(28)33-13-20-25-19-12-15(23(31)32-3)8-9-16(19)21(29)27-20/h4-9,12,14H,10-11,13H2,1-3H3,(H,25,27,29). The van der Waals surface area contributed by atoms with Crippen LogP contribution in [0.4, 0.5) is 0 Å². The van der Waals surface area contributed by atoms with Gasteiger partial charge in [-0.1, -0.05) is 37.7 Å². The number of ether oxygens (including phenoxy) is 1. The topological polar surface area (TPSA) is 107 Å². The van der Waals surface area contributed by atoms with Crippen LogP contribution in [0.25, 0.3) is 21.8 Å². The van der Waals surface area contributed by atoms with E-state index >= 15 is 0 Å². The van der Waals surface area contributed by atoms with Crippen molar-refractivity contribution in [1.82, 2.24) is 19.5 Å². The lowest BCUT2D eigenvalue weighted by Gasteiger charge is -2.14. The normalized spacial score (nSPS) is 11.4. The zero-order valence-corrected chi connectivity index (χ0v) is 19.4. The Labute approximate surface area is 194 Å². The van der Waals surface area contributed by atoms with Crippen molar-refractivity contribution in [3.05, 3.63) is 74.6 Å². The Morgan fingerprint density at radius 1 is 1.09 bits per heavy atom. The van der Waals surface area contributed by atoms with E-state index < -0.39 is 5.97 Å². The molecule has 0 atom stereocenters. The first kappa shape index (κ1) is 22.7. The number of methoxy groups -OCH3 is 1. The van der Waals surface area contributed by atoms with Gasteiger partial charge < -0.3 is 9.72 Å². The smallest absolute Gasteiger partial charge is 0.337 e. The highest BCUT2D eigenvalue weighted by Crippen LogP contribution is 2.22. The van der Waals surface area contributed by atoms with Gasteiger partial charge >= 0.3 is 5.97 Å². The molecule has 0 aliphatic carbocycles. The fraction of sp³-hybridized carbons (Fsp3) is 0.292. The number of carbonyl (C=O) groups excluding carboxylic acids is 1. The Morgan fingerprint density at radius 3 is 2.64 bits per heavy atom. The number of H-pyrrole nitrogens is 1. The molecule has 0 unspecified atom stereocenters. The van der Waals surface area contributed by atoms with Crippen LogP contribution < -0.4 is 11.1 Å². The number of nitrogens with one attached hydrogen (secondary N) is 1. The summed E-state index contributed by atoms with van der Waals surface area (Å²) < 4.78 is 6.45. The Bertz CT molecular complexity index is 1460. The van der Waals surface area contributed by atoms with Crippen molar-refractivity contribution in [2.24, 2.45) is 5.92 Å². The number of hydrogen-bond acceptors (Lipinski definition) is 7. The van der Waals surface area contributed by atoms with E-state index in [9.17, 15) is 14.4 Å². The van der Waals surface area contributed by atoms with Crippen LogP contribution >= 0.6 is 11.8 Å². The maximum Gasteiger partial charge on any atom is 0.337 e.